The van der Waals surface area contributed by atoms with E-state index in [0.717, 1.165) is 39.5 Å². The Kier molecular flexibility index (Phi) is 6.15. The number of hydrogen-bond donors (Lipinski definition) is 1. The van der Waals surface area contributed by atoms with Crippen LogP contribution < -0.4 is 4.74 Å². The summed E-state index contributed by atoms with van der Waals surface area (Å²) in [4.78, 5) is 7.84. The van der Waals surface area contributed by atoms with E-state index in [2.05, 4.69) is 33.5 Å². The Morgan fingerprint density at radius 3 is 2.75 bits per heavy atom. The normalized spacial score (nSPS) is 10.1. The van der Waals surface area contributed by atoms with Crippen molar-refractivity contribution in [1.82, 2.24) is 9.97 Å². The highest BCUT2D eigenvalue weighted by atomic mass is 35.5. The molecule has 1 N–H and O–H groups in total. The van der Waals surface area contributed by atoms with Crippen LogP contribution in [0.3, 0.4) is 0 Å². The van der Waals surface area contributed by atoms with Crippen LogP contribution in [0.15, 0.2) is 65.5 Å². The Morgan fingerprint density at radius 2 is 2.00 bits per heavy atom. The summed E-state index contributed by atoms with van der Waals surface area (Å²) in [6, 6.07) is 17.8. The molecule has 0 fully saturated rings. The highest BCUT2D eigenvalue weighted by molar-refractivity contribution is 7.08. The zero-order valence-corrected chi connectivity index (χ0v) is 16.8. The van der Waals surface area contributed by atoms with Gasteiger partial charge in [0.25, 0.3) is 0 Å². The highest BCUT2D eigenvalue weighted by Crippen LogP contribution is 2.28. The van der Waals surface area contributed by atoms with Crippen molar-refractivity contribution in [2.24, 2.45) is 0 Å². The van der Waals surface area contributed by atoms with Crippen molar-refractivity contribution >= 4 is 23.7 Å². The van der Waals surface area contributed by atoms with Crippen LogP contribution in [0.4, 0.5) is 0 Å². The average molecular weight is 408 g/mol. The lowest BCUT2D eigenvalue weighted by Gasteiger charge is -2.11. The molecule has 0 saturated carbocycles. The molecule has 0 atom stereocenters. The minimum absolute atomic E-state index is 0. The molecule has 4 aromatic rings. The van der Waals surface area contributed by atoms with Crippen molar-refractivity contribution in [2.75, 3.05) is 0 Å². The molecule has 4 nitrogen and oxygen atoms in total. The zero-order chi connectivity index (χ0) is 18.6. The first kappa shape index (κ1) is 19.7. The van der Waals surface area contributed by atoms with Crippen molar-refractivity contribution < 1.29 is 4.74 Å². The first-order valence-corrected chi connectivity index (χ1v) is 9.48. The lowest BCUT2D eigenvalue weighted by Crippen LogP contribution is -1.99. The third-order valence-corrected chi connectivity index (χ3v) is 5.06. The number of aryl methyl sites for hydroxylation is 1. The number of hydrogen-bond acceptors (Lipinski definition) is 4. The van der Waals surface area contributed by atoms with Gasteiger partial charge < -0.3 is 9.72 Å². The minimum Gasteiger partial charge on any atom is -0.489 e. The highest BCUT2D eigenvalue weighted by Gasteiger charge is 2.09. The second-order valence-corrected chi connectivity index (χ2v) is 6.98. The fourth-order valence-electron chi connectivity index (χ4n) is 2.90. The second kappa shape index (κ2) is 8.75. The summed E-state index contributed by atoms with van der Waals surface area (Å²) in [6.07, 6.45) is 1.85. The van der Waals surface area contributed by atoms with Gasteiger partial charge in [-0.2, -0.15) is 16.6 Å². The summed E-state index contributed by atoms with van der Waals surface area (Å²) >= 11 is 1.65. The Labute approximate surface area is 173 Å². The van der Waals surface area contributed by atoms with Gasteiger partial charge in [-0.05, 0) is 48.2 Å². The van der Waals surface area contributed by atoms with Gasteiger partial charge in [-0.15, -0.1) is 12.4 Å². The fourth-order valence-corrected chi connectivity index (χ4v) is 3.54. The van der Waals surface area contributed by atoms with Crippen molar-refractivity contribution in [2.45, 2.75) is 13.5 Å². The lowest BCUT2D eigenvalue weighted by atomic mass is 10.1. The first-order valence-electron chi connectivity index (χ1n) is 8.54. The molecule has 0 aliphatic rings. The van der Waals surface area contributed by atoms with E-state index in [1.54, 1.807) is 17.4 Å². The number of nitrogens with one attached hydrogen (secondary N) is 1. The van der Waals surface area contributed by atoms with Crippen LogP contribution >= 0.6 is 23.7 Å². The van der Waals surface area contributed by atoms with Gasteiger partial charge >= 0.3 is 0 Å². The van der Waals surface area contributed by atoms with Crippen LogP contribution in [0.5, 0.6) is 5.75 Å². The number of imidazole rings is 1. The van der Waals surface area contributed by atoms with Crippen LogP contribution in [-0.4, -0.2) is 9.97 Å². The van der Waals surface area contributed by atoms with Gasteiger partial charge in [-0.1, -0.05) is 18.2 Å². The Balaban J connectivity index is 0.00000225. The maximum absolute atomic E-state index is 9.19. The molecule has 0 saturated heterocycles. The van der Waals surface area contributed by atoms with Crippen molar-refractivity contribution in [3.63, 3.8) is 0 Å². The molecule has 6 heteroatoms. The topological polar surface area (TPSA) is 61.7 Å². The molecular weight excluding hydrogens is 390 g/mol. The van der Waals surface area contributed by atoms with E-state index in [1.165, 1.54) is 0 Å². The molecule has 0 spiro atoms. The summed E-state index contributed by atoms with van der Waals surface area (Å²) in [5.74, 6) is 1.68. The number of halogens is 1. The van der Waals surface area contributed by atoms with Gasteiger partial charge in [0.1, 0.15) is 18.2 Å². The van der Waals surface area contributed by atoms with Crippen LogP contribution in [0, 0.1) is 18.3 Å². The molecule has 2 aromatic carbocycles. The minimum atomic E-state index is 0. The average Bonchev–Trinajstić information content (AvgIpc) is 3.39. The van der Waals surface area contributed by atoms with E-state index >= 15 is 0 Å². The Hall–Kier alpha value is -3.07. The monoisotopic (exact) mass is 407 g/mol. The maximum atomic E-state index is 9.19. The van der Waals surface area contributed by atoms with Gasteiger partial charge in [-0.25, -0.2) is 4.98 Å². The molecule has 140 valence electrons. The second-order valence-electron chi connectivity index (χ2n) is 6.20. The smallest absolute Gasteiger partial charge is 0.138 e. The van der Waals surface area contributed by atoms with E-state index in [0.29, 0.717) is 12.2 Å². The third-order valence-electron chi connectivity index (χ3n) is 4.38. The quantitative estimate of drug-likeness (QED) is 0.442. The largest absolute Gasteiger partial charge is 0.489 e. The Morgan fingerprint density at radius 1 is 1.14 bits per heavy atom. The van der Waals surface area contributed by atoms with Crippen LogP contribution in [0.25, 0.3) is 22.6 Å². The van der Waals surface area contributed by atoms with Crippen LogP contribution in [0.1, 0.15) is 16.7 Å². The number of benzene rings is 2. The summed E-state index contributed by atoms with van der Waals surface area (Å²) in [5.41, 5.74) is 5.70. The number of thiophene rings is 1. The standard InChI is InChI=1S/C22H17N3OS.ClH/c1-15-10-16(20-12-24-22(25-20)19-8-9-27-14-19)6-7-21(15)26-13-18-5-3-2-4-17(18)11-23;/h2-10,12,14H,13H2,1H3,(H,24,25);1H. The number of aromatic amines is 1. The molecule has 0 amide bonds. The summed E-state index contributed by atoms with van der Waals surface area (Å²) in [6.45, 7) is 2.39. The molecule has 0 aliphatic heterocycles. The number of aromatic nitrogens is 2. The molecule has 4 rings (SSSR count). The van der Waals surface area contributed by atoms with E-state index < -0.39 is 0 Å². The number of nitriles is 1. The maximum Gasteiger partial charge on any atom is 0.138 e. The number of rotatable bonds is 5. The van der Waals surface area contributed by atoms with Gasteiger partial charge in [0.2, 0.25) is 0 Å². The van der Waals surface area contributed by atoms with E-state index in [4.69, 9.17) is 4.74 Å². The van der Waals surface area contributed by atoms with Gasteiger partial charge in [-0.3, -0.25) is 0 Å². The number of H-pyrrole nitrogens is 1. The van der Waals surface area contributed by atoms with Crippen LogP contribution in [-0.2, 0) is 6.61 Å². The molecule has 28 heavy (non-hydrogen) atoms. The number of ether oxygens (including phenoxy) is 1. The molecule has 2 heterocycles. The molecule has 0 bridgehead atoms. The summed E-state index contributed by atoms with van der Waals surface area (Å²) in [7, 11) is 0. The van der Waals surface area contributed by atoms with Crippen LogP contribution in [0.2, 0.25) is 0 Å². The predicted octanol–water partition coefficient (Wildman–Crippen LogP) is 5.99. The third kappa shape index (κ3) is 4.09. The Bertz CT molecular complexity index is 1110. The predicted molar refractivity (Wildman–Crippen MR) is 115 cm³/mol. The van der Waals surface area contributed by atoms with Crippen molar-refractivity contribution in [3.8, 4) is 34.5 Å². The van der Waals surface area contributed by atoms with Gasteiger partial charge in [0.15, 0.2) is 0 Å². The van der Waals surface area contributed by atoms with Crippen molar-refractivity contribution in [3.05, 3.63) is 82.2 Å². The molecule has 0 unspecified atom stereocenters. The van der Waals surface area contributed by atoms with E-state index in [-0.39, 0.29) is 12.4 Å². The van der Waals surface area contributed by atoms with Gasteiger partial charge in [0, 0.05) is 22.1 Å². The number of nitrogens with zero attached hydrogens (tertiary/aromatic N) is 2. The SMILES string of the molecule is Cc1cc(-c2cnc(-c3ccsc3)[nH]2)ccc1OCc1ccccc1C#N.Cl. The van der Waals surface area contributed by atoms with E-state index in [9.17, 15) is 5.26 Å². The lowest BCUT2D eigenvalue weighted by molar-refractivity contribution is 0.304. The summed E-state index contributed by atoms with van der Waals surface area (Å²) < 4.78 is 5.94. The van der Waals surface area contributed by atoms with E-state index in [1.807, 2.05) is 48.8 Å². The summed E-state index contributed by atoms with van der Waals surface area (Å²) in [5, 5.41) is 13.3. The molecular formula is C22H18ClN3OS. The van der Waals surface area contributed by atoms with Gasteiger partial charge in [0.05, 0.1) is 23.5 Å². The molecule has 2 aromatic heterocycles. The first-order chi connectivity index (χ1) is 13.2. The molecule has 0 aliphatic carbocycles. The molecule has 0 radical (unpaired) electrons. The fraction of sp³-hybridized carbons (Fsp3) is 0.0909. The van der Waals surface area contributed by atoms with Crippen molar-refractivity contribution in [1.29, 1.82) is 5.26 Å². The zero-order valence-electron chi connectivity index (χ0n) is 15.2.